The monoisotopic (exact) mass is 459 g/mol. The lowest BCUT2D eigenvalue weighted by Crippen LogP contribution is -2.39. The first-order valence-corrected chi connectivity index (χ1v) is 13.1. The summed E-state index contributed by atoms with van der Waals surface area (Å²) in [7, 11) is -3.55. The van der Waals surface area contributed by atoms with Gasteiger partial charge in [-0.05, 0) is 50.2 Å². The van der Waals surface area contributed by atoms with Gasteiger partial charge < -0.3 is 4.90 Å². The van der Waals surface area contributed by atoms with Crippen molar-refractivity contribution in [2.24, 2.45) is 0 Å². The Labute approximate surface area is 188 Å². The Morgan fingerprint density at radius 1 is 1.00 bits per heavy atom. The molecule has 0 aliphatic carbocycles. The van der Waals surface area contributed by atoms with Gasteiger partial charge >= 0.3 is 0 Å². The highest BCUT2D eigenvalue weighted by Gasteiger charge is 2.26. The number of aryl methyl sites for hydroxylation is 2. The lowest BCUT2D eigenvalue weighted by molar-refractivity contribution is 0.0980. The van der Waals surface area contributed by atoms with Crippen LogP contribution in [0.4, 0.5) is 5.13 Å². The first kappa shape index (κ1) is 23.4. The van der Waals surface area contributed by atoms with Crippen LogP contribution in [-0.4, -0.2) is 56.6 Å². The van der Waals surface area contributed by atoms with Gasteiger partial charge in [-0.2, -0.15) is 0 Å². The molecule has 1 aromatic heterocycles. The van der Waals surface area contributed by atoms with Crippen LogP contribution in [0.5, 0.6) is 0 Å². The van der Waals surface area contributed by atoms with Crippen LogP contribution in [-0.2, 0) is 9.84 Å². The number of aromatic nitrogens is 1. The summed E-state index contributed by atoms with van der Waals surface area (Å²) < 4.78 is 25.7. The minimum atomic E-state index is -3.55. The molecule has 3 aromatic rings. The van der Waals surface area contributed by atoms with E-state index in [1.54, 1.807) is 23.1 Å². The van der Waals surface area contributed by atoms with E-state index < -0.39 is 9.84 Å². The molecule has 2 aromatic carbocycles. The summed E-state index contributed by atoms with van der Waals surface area (Å²) in [6.45, 7) is 11.0. The summed E-state index contributed by atoms with van der Waals surface area (Å²) >= 11 is 1.48. The van der Waals surface area contributed by atoms with Crippen LogP contribution in [0.1, 0.15) is 35.3 Å². The highest BCUT2D eigenvalue weighted by atomic mass is 32.2. The van der Waals surface area contributed by atoms with Crippen LogP contribution in [0.15, 0.2) is 41.3 Å². The Morgan fingerprint density at radius 2 is 1.65 bits per heavy atom. The number of amides is 1. The predicted molar refractivity (Wildman–Crippen MR) is 128 cm³/mol. The number of sulfone groups is 1. The van der Waals surface area contributed by atoms with E-state index in [2.05, 4.69) is 24.8 Å². The SMILES string of the molecule is CCN(CC)CCN(C(=O)c1ccccc1S(C)(=O)=O)c1nc2c(C)ccc(C)c2s1. The molecule has 0 saturated carbocycles. The van der Waals surface area contributed by atoms with E-state index >= 15 is 0 Å². The number of carbonyl (C=O) groups excluding carboxylic acids is 1. The van der Waals surface area contributed by atoms with Crippen molar-refractivity contribution < 1.29 is 13.2 Å². The van der Waals surface area contributed by atoms with Crippen molar-refractivity contribution in [2.45, 2.75) is 32.6 Å². The van der Waals surface area contributed by atoms with Gasteiger partial charge in [-0.3, -0.25) is 9.69 Å². The van der Waals surface area contributed by atoms with Gasteiger partial charge in [0.25, 0.3) is 5.91 Å². The van der Waals surface area contributed by atoms with Crippen LogP contribution in [0.2, 0.25) is 0 Å². The Morgan fingerprint density at radius 3 is 2.26 bits per heavy atom. The number of nitrogens with zero attached hydrogens (tertiary/aromatic N) is 3. The normalized spacial score (nSPS) is 11.9. The zero-order chi connectivity index (χ0) is 22.8. The standard InChI is InChI=1S/C23H29N3O3S2/c1-6-25(7-2)14-15-26(22(27)18-10-8-9-11-19(18)31(5,28)29)23-24-20-16(3)12-13-17(4)21(20)30-23/h8-13H,6-7,14-15H2,1-5H3. The van der Waals surface area contributed by atoms with Crippen molar-refractivity contribution in [3.8, 4) is 0 Å². The smallest absolute Gasteiger partial charge is 0.261 e. The molecule has 8 heteroatoms. The lowest BCUT2D eigenvalue weighted by atomic mass is 10.1. The quantitative estimate of drug-likeness (QED) is 0.502. The summed E-state index contributed by atoms with van der Waals surface area (Å²) in [5, 5.41) is 0.591. The van der Waals surface area contributed by atoms with Gasteiger partial charge in [0.05, 0.1) is 20.7 Å². The largest absolute Gasteiger partial charge is 0.302 e. The molecular weight excluding hydrogens is 430 g/mol. The van der Waals surface area contributed by atoms with Gasteiger partial charge in [0, 0.05) is 19.3 Å². The Balaban J connectivity index is 2.11. The van der Waals surface area contributed by atoms with E-state index in [1.807, 2.05) is 19.9 Å². The molecule has 31 heavy (non-hydrogen) atoms. The van der Waals surface area contributed by atoms with Crippen molar-refractivity contribution in [2.75, 3.05) is 37.3 Å². The second-order valence-electron chi connectivity index (χ2n) is 7.63. The number of likely N-dealkylation sites (N-methyl/N-ethyl adjacent to an activating group) is 1. The van der Waals surface area contributed by atoms with E-state index in [0.29, 0.717) is 18.2 Å². The van der Waals surface area contributed by atoms with Gasteiger partial charge in [-0.15, -0.1) is 0 Å². The molecular formula is C23H29N3O3S2. The van der Waals surface area contributed by atoms with E-state index in [4.69, 9.17) is 4.98 Å². The number of benzene rings is 2. The maximum Gasteiger partial charge on any atom is 0.261 e. The molecule has 0 atom stereocenters. The third-order valence-corrected chi connectivity index (χ3v) is 7.83. The van der Waals surface area contributed by atoms with Crippen molar-refractivity contribution in [3.05, 3.63) is 53.1 Å². The van der Waals surface area contributed by atoms with Gasteiger partial charge in [-0.25, -0.2) is 13.4 Å². The van der Waals surface area contributed by atoms with Crippen molar-refractivity contribution in [1.29, 1.82) is 0 Å². The molecule has 1 heterocycles. The second-order valence-corrected chi connectivity index (χ2v) is 10.6. The molecule has 6 nitrogen and oxygen atoms in total. The Hall–Kier alpha value is -2.29. The van der Waals surface area contributed by atoms with Crippen LogP contribution < -0.4 is 4.90 Å². The predicted octanol–water partition coefficient (Wildman–Crippen LogP) is 4.31. The lowest BCUT2D eigenvalue weighted by Gasteiger charge is -2.25. The summed E-state index contributed by atoms with van der Waals surface area (Å²) in [5.41, 5.74) is 3.22. The van der Waals surface area contributed by atoms with Crippen molar-refractivity contribution >= 4 is 42.4 Å². The third-order valence-electron chi connectivity index (χ3n) is 5.46. The third kappa shape index (κ3) is 4.97. The first-order chi connectivity index (χ1) is 14.7. The van der Waals surface area contributed by atoms with Crippen LogP contribution in [0.3, 0.4) is 0 Å². The molecule has 0 N–H and O–H groups in total. The highest BCUT2D eigenvalue weighted by Crippen LogP contribution is 2.34. The van der Waals surface area contributed by atoms with Crippen LogP contribution in [0, 0.1) is 13.8 Å². The number of hydrogen-bond donors (Lipinski definition) is 0. The maximum atomic E-state index is 13.7. The number of fused-ring (bicyclic) bond motifs is 1. The number of hydrogen-bond acceptors (Lipinski definition) is 6. The summed E-state index contributed by atoms with van der Waals surface area (Å²) in [4.78, 5) is 22.4. The molecule has 0 radical (unpaired) electrons. The summed E-state index contributed by atoms with van der Waals surface area (Å²) in [5.74, 6) is -0.345. The van der Waals surface area contributed by atoms with E-state index in [-0.39, 0.29) is 16.4 Å². The fraction of sp³-hybridized carbons (Fsp3) is 0.391. The van der Waals surface area contributed by atoms with E-state index in [9.17, 15) is 13.2 Å². The number of carbonyl (C=O) groups is 1. The topological polar surface area (TPSA) is 70.6 Å². The van der Waals surface area contributed by atoms with Crippen LogP contribution in [0.25, 0.3) is 10.2 Å². The first-order valence-electron chi connectivity index (χ1n) is 10.4. The number of thiazole rings is 1. The molecule has 0 saturated heterocycles. The van der Waals surface area contributed by atoms with Crippen molar-refractivity contribution in [3.63, 3.8) is 0 Å². The molecule has 0 spiro atoms. The zero-order valence-corrected chi connectivity index (χ0v) is 20.3. The maximum absolute atomic E-state index is 13.7. The van der Waals surface area contributed by atoms with Gasteiger partial charge in [0.15, 0.2) is 15.0 Å². The Kier molecular flexibility index (Phi) is 7.13. The molecule has 0 aliphatic rings. The number of anilines is 1. The van der Waals surface area contributed by atoms with Gasteiger partial charge in [0.2, 0.25) is 0 Å². The molecule has 3 rings (SSSR count). The molecule has 0 unspecified atom stereocenters. The molecule has 0 bridgehead atoms. The number of rotatable bonds is 8. The fourth-order valence-electron chi connectivity index (χ4n) is 3.54. The average Bonchev–Trinajstić information content (AvgIpc) is 3.19. The van der Waals surface area contributed by atoms with Gasteiger partial charge in [0.1, 0.15) is 0 Å². The molecule has 0 aliphatic heterocycles. The summed E-state index contributed by atoms with van der Waals surface area (Å²) in [6.07, 6.45) is 1.13. The van der Waals surface area contributed by atoms with E-state index in [1.165, 1.54) is 17.4 Å². The second kappa shape index (κ2) is 9.46. The minimum Gasteiger partial charge on any atom is -0.302 e. The van der Waals surface area contributed by atoms with Crippen molar-refractivity contribution in [1.82, 2.24) is 9.88 Å². The Bertz CT molecular complexity index is 1160. The highest BCUT2D eigenvalue weighted by molar-refractivity contribution is 7.90. The molecule has 0 fully saturated rings. The van der Waals surface area contributed by atoms with Crippen LogP contribution >= 0.6 is 11.3 Å². The van der Waals surface area contributed by atoms with E-state index in [0.717, 1.165) is 40.7 Å². The molecule has 166 valence electrons. The van der Waals surface area contributed by atoms with Gasteiger partial charge in [-0.1, -0.05) is 49.4 Å². The fourth-order valence-corrected chi connectivity index (χ4v) is 5.56. The molecule has 1 amide bonds. The summed E-state index contributed by atoms with van der Waals surface area (Å²) in [6, 6.07) is 10.5. The zero-order valence-electron chi connectivity index (χ0n) is 18.7. The minimum absolute atomic E-state index is 0.0429. The average molecular weight is 460 g/mol.